The minimum absolute atomic E-state index is 0.0675. The van der Waals surface area contributed by atoms with Gasteiger partial charge in [-0.15, -0.1) is 0 Å². The highest BCUT2D eigenvalue weighted by atomic mass is 32.5. The number of rotatable bonds is 28. The van der Waals surface area contributed by atoms with Gasteiger partial charge < -0.3 is 36.9 Å². The number of hydrogen-bond donors (Lipinski definition) is 0. The first kappa shape index (κ1) is 74.9. The Morgan fingerprint density at radius 2 is 0.912 bits per heavy atom. The molecule has 0 aliphatic carbocycles. The molecule has 1 amide bonds. The van der Waals surface area contributed by atoms with Gasteiger partial charge in [0.25, 0.3) is 0 Å². The van der Waals surface area contributed by atoms with Crippen molar-refractivity contribution in [3.05, 3.63) is 53.5 Å². The van der Waals surface area contributed by atoms with Crippen LogP contribution in [0.15, 0.2) is 30.6 Å². The molecule has 24 nitrogen and oxygen atoms in total. The molecule has 4 rings (SSSR count). The number of hydrogen-bond acceptors (Lipinski definition) is 27. The first-order chi connectivity index (χ1) is 37.4. The van der Waals surface area contributed by atoms with E-state index in [9.17, 15) is 4.79 Å². The van der Waals surface area contributed by atoms with Gasteiger partial charge in [0.15, 0.2) is 5.75 Å². The van der Waals surface area contributed by atoms with Crippen LogP contribution in [0.3, 0.4) is 0 Å². The summed E-state index contributed by atoms with van der Waals surface area (Å²) < 4.78 is 65.5. The molecule has 0 bridgehead atoms. The molecule has 0 aliphatic heterocycles. The molecule has 0 fully saturated rings. The summed E-state index contributed by atoms with van der Waals surface area (Å²) in [7, 11) is 6.65. The molecule has 0 aromatic carbocycles. The summed E-state index contributed by atoms with van der Waals surface area (Å²) in [6.45, 7) is 24.9. The third-order valence-electron chi connectivity index (χ3n) is 9.20. The third kappa shape index (κ3) is 27.5. The Morgan fingerprint density at radius 1 is 0.550 bits per heavy atom. The minimum atomic E-state index is -2.90. The Kier molecular flexibility index (Phi) is 34.2. The lowest BCUT2D eigenvalue weighted by Gasteiger charge is -2.23. The number of carbonyl (C=O) groups excluding carboxylic acids is 1. The summed E-state index contributed by atoms with van der Waals surface area (Å²) >= 11 is 21.1. The second kappa shape index (κ2) is 36.5. The van der Waals surface area contributed by atoms with E-state index in [0.29, 0.717) is 74.7 Å². The molecule has 0 saturated carbocycles. The smallest absolute Gasteiger partial charge is 0.381 e. The van der Waals surface area contributed by atoms with E-state index in [-0.39, 0.29) is 29.3 Å². The fourth-order valence-electron chi connectivity index (χ4n) is 5.87. The van der Waals surface area contributed by atoms with Gasteiger partial charge >= 0.3 is 26.9 Å². The molecule has 0 saturated heterocycles. The van der Waals surface area contributed by atoms with Crippen molar-refractivity contribution in [1.82, 2.24) is 39.9 Å². The van der Waals surface area contributed by atoms with Crippen molar-refractivity contribution >= 4 is 97.9 Å². The topological polar surface area (TPSA) is 241 Å². The molecule has 1 atom stereocenters. The average molecular weight is 1280 g/mol. The fourth-order valence-corrected chi connectivity index (χ4v) is 13.1. The Labute approximate surface area is 495 Å². The molecule has 1 unspecified atom stereocenters. The fraction of sp³-hybridized carbons (Fsp3) is 0.646. The van der Waals surface area contributed by atoms with E-state index in [4.69, 9.17) is 102 Å². The van der Waals surface area contributed by atoms with Crippen molar-refractivity contribution in [3.63, 3.8) is 0 Å². The second-order valence-electron chi connectivity index (χ2n) is 17.5. The average Bonchev–Trinajstić information content (AvgIpc) is 3.34. The van der Waals surface area contributed by atoms with Crippen LogP contribution in [0, 0.1) is 20.8 Å². The van der Waals surface area contributed by atoms with E-state index in [1.54, 1.807) is 42.4 Å². The Balaban J connectivity index is 0.000000534. The zero-order valence-electron chi connectivity index (χ0n) is 50.3. The molecule has 0 radical (unpaired) electrons. The molecule has 0 N–H and O–H groups in total. The summed E-state index contributed by atoms with van der Waals surface area (Å²) in [5.41, 5.74) is 2.16. The number of nitrogens with zero attached hydrogens (tertiary/aromatic N) is 11. The van der Waals surface area contributed by atoms with Crippen LogP contribution in [0.2, 0.25) is 0 Å². The van der Waals surface area contributed by atoms with Gasteiger partial charge in [-0.25, -0.2) is 24.9 Å². The standard InChI is InChI=1S/C13H22N3O4PS.C13H23N2O3PS.2C11H20N3O3PS/c1-6-16(11(5)17)13-14-10(4)9-12(15-13)20-21(22,18-7-2)19-8-3;1-7-16-19(20,17-10(2)3)18-11-8-14-12(15-9-11)13(4,5)6;1-6-14(7-2)11-12-9(3)8-10(13-11)17-18(19,15-4)16-5;1-6-15-18(19,16-7-2)17-10-8-9(3)12-11(13-10)14(4)5/h9H,6-8H2,1-5H3;8-10H,7H2,1-6H3;2*8H,6-7H2,1-5H3. The highest BCUT2D eigenvalue weighted by Gasteiger charge is 2.27. The predicted molar refractivity (Wildman–Crippen MR) is 331 cm³/mol. The summed E-state index contributed by atoms with van der Waals surface area (Å²) in [4.78, 5) is 51.3. The highest BCUT2D eigenvalue weighted by molar-refractivity contribution is 8.08. The molecule has 32 heteroatoms. The maximum atomic E-state index is 11.6. The SMILES string of the molecule is CCN(CC)c1nc(C)cc(OP(=S)(OC)OC)n1.CCOP(=S)(OCC)Oc1cc(C)nc(N(C)C)n1.CCOP(=S)(OCC)Oc1cc(C)nc(N(CC)C(C)=O)n1.CCOP(=S)(Oc1cnc(C(C)(C)C)nc1)OC(C)C. The van der Waals surface area contributed by atoms with Crippen molar-refractivity contribution in [1.29, 1.82) is 0 Å². The number of carbonyl (C=O) groups is 1. The second-order valence-corrected chi connectivity index (χ2v) is 29.4. The van der Waals surface area contributed by atoms with Crippen molar-refractivity contribution < 1.29 is 59.1 Å². The van der Waals surface area contributed by atoms with Gasteiger partial charge in [0.05, 0.1) is 51.5 Å². The molecular weight excluding hydrogens is 1190 g/mol. The summed E-state index contributed by atoms with van der Waals surface area (Å²) in [5, 5.41) is 0. The molecule has 0 spiro atoms. The first-order valence-corrected chi connectivity index (χ1v) is 35.9. The molecule has 4 aromatic rings. The molecule has 454 valence electrons. The van der Waals surface area contributed by atoms with Crippen LogP contribution in [0.1, 0.15) is 120 Å². The van der Waals surface area contributed by atoms with Crippen LogP contribution in [-0.4, -0.2) is 133 Å². The summed E-state index contributed by atoms with van der Waals surface area (Å²) in [6.07, 6.45) is 3.15. The van der Waals surface area contributed by atoms with Crippen molar-refractivity contribution in [2.45, 2.75) is 129 Å². The minimum Gasteiger partial charge on any atom is -0.421 e. The number of aromatic nitrogens is 8. The van der Waals surface area contributed by atoms with Crippen LogP contribution in [-0.2, 0) is 93.6 Å². The van der Waals surface area contributed by atoms with Crippen molar-refractivity contribution in [3.8, 4) is 23.4 Å². The van der Waals surface area contributed by atoms with Crippen LogP contribution < -0.4 is 32.8 Å². The molecule has 80 heavy (non-hydrogen) atoms. The van der Waals surface area contributed by atoms with E-state index < -0.39 is 26.9 Å². The van der Waals surface area contributed by atoms with E-state index >= 15 is 0 Å². The molecule has 4 heterocycles. The third-order valence-corrected chi connectivity index (χ3v) is 18.9. The van der Waals surface area contributed by atoms with E-state index in [2.05, 4.69) is 60.6 Å². The van der Waals surface area contributed by atoms with E-state index in [1.807, 2.05) is 102 Å². The predicted octanol–water partition coefficient (Wildman–Crippen LogP) is 11.7. The number of aryl methyl sites for hydroxylation is 3. The van der Waals surface area contributed by atoms with Gasteiger partial charge in [-0.3, -0.25) is 36.8 Å². The van der Waals surface area contributed by atoms with Gasteiger partial charge in [-0.1, -0.05) is 20.8 Å². The monoisotopic (exact) mass is 1280 g/mol. The summed E-state index contributed by atoms with van der Waals surface area (Å²) in [6, 6.07) is 5.06. The van der Waals surface area contributed by atoms with Crippen molar-refractivity contribution in [2.75, 3.05) is 95.7 Å². The quantitative estimate of drug-likeness (QED) is 0.0480. The zero-order valence-corrected chi connectivity index (χ0v) is 57.1. The number of anilines is 3. The van der Waals surface area contributed by atoms with Gasteiger partial charge in [0.2, 0.25) is 41.4 Å². The van der Waals surface area contributed by atoms with Crippen LogP contribution in [0.5, 0.6) is 23.4 Å². The lowest BCUT2D eigenvalue weighted by molar-refractivity contribution is -0.116. The van der Waals surface area contributed by atoms with E-state index in [0.717, 1.165) is 30.3 Å². The molecule has 4 aromatic heterocycles. The van der Waals surface area contributed by atoms with Crippen molar-refractivity contribution in [2.24, 2.45) is 0 Å². The van der Waals surface area contributed by atoms with Gasteiger partial charge in [-0.05, 0) is 90.0 Å². The maximum Gasteiger partial charge on any atom is 0.381 e. The maximum absolute atomic E-state index is 11.6. The van der Waals surface area contributed by atoms with Gasteiger partial charge in [-0.2, -0.15) is 15.0 Å². The van der Waals surface area contributed by atoms with Gasteiger partial charge in [0, 0.05) is 143 Å². The zero-order chi connectivity index (χ0) is 61.1. The van der Waals surface area contributed by atoms with E-state index in [1.165, 1.54) is 26.0 Å². The lowest BCUT2D eigenvalue weighted by Crippen LogP contribution is -2.30. The normalized spacial score (nSPS) is 12.3. The Bertz CT molecular complexity index is 2670. The summed E-state index contributed by atoms with van der Waals surface area (Å²) in [5.74, 6) is 3.52. The number of amides is 1. The van der Waals surface area contributed by atoms with Gasteiger partial charge in [0.1, 0.15) is 5.82 Å². The first-order valence-electron chi connectivity index (χ1n) is 25.7. The molecular formula is C48H85N11O13P4S4. The van der Waals surface area contributed by atoms with Crippen LogP contribution in [0.4, 0.5) is 17.8 Å². The Morgan fingerprint density at radius 3 is 1.25 bits per heavy atom. The van der Waals surface area contributed by atoms with Crippen LogP contribution in [0.25, 0.3) is 0 Å². The van der Waals surface area contributed by atoms with Crippen LogP contribution >= 0.6 is 26.9 Å². The lowest BCUT2D eigenvalue weighted by atomic mass is 9.96. The Hall–Kier alpha value is -3.13. The molecule has 0 aliphatic rings. The highest BCUT2D eigenvalue weighted by Crippen LogP contribution is 2.52. The largest absolute Gasteiger partial charge is 0.421 e.